The second kappa shape index (κ2) is 10.3. The summed E-state index contributed by atoms with van der Waals surface area (Å²) in [6.07, 6.45) is 0. The molecular formula is C15H23FN2O3. The minimum atomic E-state index is -0.378. The van der Waals surface area contributed by atoms with Gasteiger partial charge in [-0.25, -0.2) is 4.39 Å². The quantitative estimate of drug-likeness (QED) is 0.640. The Morgan fingerprint density at radius 1 is 1.29 bits per heavy atom. The van der Waals surface area contributed by atoms with Crippen LogP contribution in [0.25, 0.3) is 0 Å². The lowest BCUT2D eigenvalue weighted by Crippen LogP contribution is -2.31. The van der Waals surface area contributed by atoms with Gasteiger partial charge in [0.1, 0.15) is 5.82 Å². The van der Waals surface area contributed by atoms with Gasteiger partial charge in [-0.15, -0.1) is 0 Å². The van der Waals surface area contributed by atoms with Crippen molar-refractivity contribution in [3.63, 3.8) is 0 Å². The first kappa shape index (κ1) is 17.6. The van der Waals surface area contributed by atoms with Crippen molar-refractivity contribution in [3.8, 4) is 0 Å². The van der Waals surface area contributed by atoms with Crippen LogP contribution in [0.1, 0.15) is 22.8 Å². The lowest BCUT2D eigenvalue weighted by atomic mass is 10.1. The highest BCUT2D eigenvalue weighted by Crippen LogP contribution is 2.12. The standard InChI is InChI=1S/C15H23FN2O3/c1-3-17-6-7-18-15(19)12-4-5-14(16)13(10-12)11-21-9-8-20-2/h4-5,10,17H,3,6-9,11H2,1-2H3,(H,18,19). The Labute approximate surface area is 124 Å². The van der Waals surface area contributed by atoms with Crippen molar-refractivity contribution in [2.24, 2.45) is 0 Å². The summed E-state index contributed by atoms with van der Waals surface area (Å²) in [5.74, 6) is -0.595. The summed E-state index contributed by atoms with van der Waals surface area (Å²) in [4.78, 5) is 11.9. The van der Waals surface area contributed by atoms with E-state index >= 15 is 0 Å². The molecule has 0 unspecified atom stereocenters. The van der Waals surface area contributed by atoms with Crippen LogP contribution in [-0.4, -0.2) is 45.9 Å². The van der Waals surface area contributed by atoms with Crippen LogP contribution >= 0.6 is 0 Å². The smallest absolute Gasteiger partial charge is 0.251 e. The molecule has 0 saturated heterocycles. The third-order valence-corrected chi connectivity index (χ3v) is 2.83. The number of nitrogens with one attached hydrogen (secondary N) is 2. The molecule has 0 fully saturated rings. The number of carbonyl (C=O) groups is 1. The molecule has 0 spiro atoms. The average molecular weight is 298 g/mol. The molecule has 21 heavy (non-hydrogen) atoms. The molecule has 6 heteroatoms. The first-order chi connectivity index (χ1) is 10.2. The molecule has 0 aliphatic rings. The largest absolute Gasteiger partial charge is 0.382 e. The van der Waals surface area contributed by atoms with Crippen LogP contribution in [0.15, 0.2) is 18.2 Å². The highest BCUT2D eigenvalue weighted by Gasteiger charge is 2.09. The van der Waals surface area contributed by atoms with E-state index in [9.17, 15) is 9.18 Å². The van der Waals surface area contributed by atoms with Gasteiger partial charge in [-0.1, -0.05) is 6.92 Å². The average Bonchev–Trinajstić information content (AvgIpc) is 2.49. The summed E-state index contributed by atoms with van der Waals surface area (Å²) in [7, 11) is 1.57. The van der Waals surface area contributed by atoms with Crippen molar-refractivity contribution in [2.75, 3.05) is 40.0 Å². The lowest BCUT2D eigenvalue weighted by Gasteiger charge is -2.09. The Morgan fingerprint density at radius 2 is 2.10 bits per heavy atom. The normalized spacial score (nSPS) is 10.6. The van der Waals surface area contributed by atoms with Crippen molar-refractivity contribution in [3.05, 3.63) is 35.1 Å². The second-order valence-corrected chi connectivity index (χ2v) is 4.46. The minimum Gasteiger partial charge on any atom is -0.382 e. The number of methoxy groups -OCH3 is 1. The third-order valence-electron chi connectivity index (χ3n) is 2.83. The monoisotopic (exact) mass is 298 g/mol. The van der Waals surface area contributed by atoms with Crippen LogP contribution in [0.4, 0.5) is 4.39 Å². The molecular weight excluding hydrogens is 275 g/mol. The molecule has 0 aliphatic carbocycles. The molecule has 1 aromatic carbocycles. The summed E-state index contributed by atoms with van der Waals surface area (Å²) in [5.41, 5.74) is 0.795. The topological polar surface area (TPSA) is 59.6 Å². The molecule has 0 atom stereocenters. The molecule has 118 valence electrons. The van der Waals surface area contributed by atoms with E-state index in [1.165, 1.54) is 18.2 Å². The van der Waals surface area contributed by atoms with Crippen LogP contribution in [-0.2, 0) is 16.1 Å². The van der Waals surface area contributed by atoms with Crippen molar-refractivity contribution < 1.29 is 18.7 Å². The van der Waals surface area contributed by atoms with Crippen LogP contribution in [0.5, 0.6) is 0 Å². The zero-order valence-electron chi connectivity index (χ0n) is 12.6. The number of amides is 1. The molecule has 1 amide bonds. The zero-order chi connectivity index (χ0) is 15.5. The summed E-state index contributed by atoms with van der Waals surface area (Å²) < 4.78 is 23.8. The Hall–Kier alpha value is -1.50. The fourth-order valence-electron chi connectivity index (χ4n) is 1.69. The van der Waals surface area contributed by atoms with Gasteiger partial charge in [-0.05, 0) is 24.7 Å². The molecule has 2 N–H and O–H groups in total. The maximum atomic E-state index is 13.6. The molecule has 0 heterocycles. The number of halogens is 1. The van der Waals surface area contributed by atoms with Gasteiger partial charge in [0.15, 0.2) is 0 Å². The van der Waals surface area contributed by atoms with E-state index in [4.69, 9.17) is 9.47 Å². The van der Waals surface area contributed by atoms with E-state index in [2.05, 4.69) is 10.6 Å². The van der Waals surface area contributed by atoms with Crippen LogP contribution in [0.2, 0.25) is 0 Å². The third kappa shape index (κ3) is 6.66. The van der Waals surface area contributed by atoms with Gasteiger partial charge >= 0.3 is 0 Å². The lowest BCUT2D eigenvalue weighted by molar-refractivity contribution is 0.0604. The van der Waals surface area contributed by atoms with Crippen LogP contribution < -0.4 is 10.6 Å². The molecule has 1 aromatic rings. The molecule has 0 bridgehead atoms. The number of hydrogen-bond donors (Lipinski definition) is 2. The number of rotatable bonds is 10. The summed E-state index contributed by atoms with van der Waals surface area (Å²) in [5, 5.41) is 5.88. The summed E-state index contributed by atoms with van der Waals surface area (Å²) in [6, 6.07) is 4.27. The molecule has 0 aliphatic heterocycles. The first-order valence-electron chi connectivity index (χ1n) is 7.03. The minimum absolute atomic E-state index is 0.119. The fourth-order valence-corrected chi connectivity index (χ4v) is 1.69. The van der Waals surface area contributed by atoms with Crippen molar-refractivity contribution in [1.82, 2.24) is 10.6 Å². The first-order valence-corrected chi connectivity index (χ1v) is 7.03. The SMILES string of the molecule is CCNCCNC(=O)c1ccc(F)c(COCCOC)c1. The van der Waals surface area contributed by atoms with E-state index < -0.39 is 0 Å². The molecule has 1 rings (SSSR count). The van der Waals surface area contributed by atoms with Gasteiger partial charge in [-0.3, -0.25) is 4.79 Å². The van der Waals surface area contributed by atoms with Crippen molar-refractivity contribution in [2.45, 2.75) is 13.5 Å². The van der Waals surface area contributed by atoms with Gasteiger partial charge in [-0.2, -0.15) is 0 Å². The highest BCUT2D eigenvalue weighted by atomic mass is 19.1. The predicted molar refractivity (Wildman–Crippen MR) is 78.8 cm³/mol. The number of carbonyl (C=O) groups excluding carboxylic acids is 1. The Kier molecular flexibility index (Phi) is 8.57. The summed E-state index contributed by atoms with van der Waals surface area (Å²) >= 11 is 0. The van der Waals surface area contributed by atoms with E-state index in [0.717, 1.165) is 6.54 Å². The molecule has 5 nitrogen and oxygen atoms in total. The van der Waals surface area contributed by atoms with Gasteiger partial charge < -0.3 is 20.1 Å². The van der Waals surface area contributed by atoms with E-state index in [0.29, 0.717) is 37.4 Å². The van der Waals surface area contributed by atoms with E-state index in [1.54, 1.807) is 7.11 Å². The summed E-state index contributed by atoms with van der Waals surface area (Å²) in [6.45, 7) is 5.04. The van der Waals surface area contributed by atoms with Gasteiger partial charge in [0, 0.05) is 31.3 Å². The van der Waals surface area contributed by atoms with Gasteiger partial charge in [0.2, 0.25) is 0 Å². The number of hydrogen-bond acceptors (Lipinski definition) is 4. The highest BCUT2D eigenvalue weighted by molar-refractivity contribution is 5.94. The van der Waals surface area contributed by atoms with Crippen LogP contribution in [0, 0.1) is 5.82 Å². The van der Waals surface area contributed by atoms with E-state index in [1.807, 2.05) is 6.92 Å². The van der Waals surface area contributed by atoms with E-state index in [-0.39, 0.29) is 18.3 Å². The van der Waals surface area contributed by atoms with Gasteiger partial charge in [0.05, 0.1) is 19.8 Å². The van der Waals surface area contributed by atoms with Crippen molar-refractivity contribution >= 4 is 5.91 Å². The Balaban J connectivity index is 2.52. The molecule has 0 aromatic heterocycles. The maximum Gasteiger partial charge on any atom is 0.251 e. The Bertz CT molecular complexity index is 441. The second-order valence-electron chi connectivity index (χ2n) is 4.46. The fraction of sp³-hybridized carbons (Fsp3) is 0.533. The Morgan fingerprint density at radius 3 is 2.81 bits per heavy atom. The number of ether oxygens (including phenoxy) is 2. The van der Waals surface area contributed by atoms with Crippen LogP contribution in [0.3, 0.4) is 0 Å². The number of benzene rings is 1. The van der Waals surface area contributed by atoms with Gasteiger partial charge in [0.25, 0.3) is 5.91 Å². The predicted octanol–water partition coefficient (Wildman–Crippen LogP) is 1.33. The van der Waals surface area contributed by atoms with Crippen molar-refractivity contribution in [1.29, 1.82) is 0 Å². The molecule has 0 saturated carbocycles. The zero-order valence-corrected chi connectivity index (χ0v) is 12.6. The number of likely N-dealkylation sites (N-methyl/N-ethyl adjacent to an activating group) is 1. The maximum absolute atomic E-state index is 13.6. The molecule has 0 radical (unpaired) electrons.